The molecule has 214 valence electrons. The fourth-order valence-corrected chi connectivity index (χ4v) is 6.46. The summed E-state index contributed by atoms with van der Waals surface area (Å²) in [4.78, 5) is 55.7. The summed E-state index contributed by atoms with van der Waals surface area (Å²) in [5.41, 5.74) is 7.07. The number of rotatable bonds is 9. The number of aromatic amines is 1. The third-order valence-electron chi connectivity index (χ3n) is 5.73. The van der Waals surface area contributed by atoms with Crippen molar-refractivity contribution >= 4 is 15.4 Å². The van der Waals surface area contributed by atoms with Crippen molar-refractivity contribution in [3.05, 3.63) is 43.5 Å². The number of azide groups is 1. The fraction of sp³-hybridized carbons (Fsp3) is 0.733. The van der Waals surface area contributed by atoms with Gasteiger partial charge in [0.1, 0.15) is 30.5 Å². The Bertz CT molecular complexity index is 1280. The van der Waals surface area contributed by atoms with Crippen LogP contribution in [0.25, 0.3) is 10.4 Å². The number of aromatic nitrogens is 2. The van der Waals surface area contributed by atoms with Crippen molar-refractivity contribution in [2.75, 3.05) is 13.2 Å². The highest BCUT2D eigenvalue weighted by Gasteiger charge is 2.66. The van der Waals surface area contributed by atoms with Gasteiger partial charge in [0, 0.05) is 17.2 Å². The molecule has 23 heteroatoms. The van der Waals surface area contributed by atoms with Crippen molar-refractivity contribution < 1.29 is 67.9 Å². The smallest absolute Gasteiger partial charge is 0.393 e. The Balaban J connectivity index is 1.88. The molecule has 0 spiro atoms. The maximum Gasteiger partial charge on any atom is 0.476 e. The number of ether oxygens (including phenoxy) is 3. The molecule has 1 aromatic rings. The lowest BCUT2D eigenvalue weighted by molar-refractivity contribution is -0.291. The van der Waals surface area contributed by atoms with Crippen LogP contribution in [-0.2, 0) is 27.7 Å². The van der Waals surface area contributed by atoms with E-state index in [0.29, 0.717) is 0 Å². The van der Waals surface area contributed by atoms with Crippen molar-refractivity contribution in [3.8, 4) is 0 Å². The predicted molar refractivity (Wildman–Crippen MR) is 116 cm³/mol. The van der Waals surface area contributed by atoms with Crippen LogP contribution < -0.4 is 11.2 Å². The minimum Gasteiger partial charge on any atom is -0.393 e. The lowest BCUT2D eigenvalue weighted by Crippen LogP contribution is -2.65. The van der Waals surface area contributed by atoms with Crippen LogP contribution in [0, 0.1) is 0 Å². The van der Waals surface area contributed by atoms with Crippen LogP contribution in [0.1, 0.15) is 6.23 Å². The number of nitrogens with zero attached hydrogens (tertiary/aromatic N) is 4. The largest absolute Gasteiger partial charge is 0.476 e. The molecule has 1 aromatic heterocycles. The van der Waals surface area contributed by atoms with Gasteiger partial charge in [-0.15, -0.1) is 0 Å². The van der Waals surface area contributed by atoms with Crippen LogP contribution >= 0.6 is 15.4 Å². The van der Waals surface area contributed by atoms with Crippen molar-refractivity contribution in [1.82, 2.24) is 9.55 Å². The van der Waals surface area contributed by atoms with E-state index < -0.39 is 94.3 Å². The zero-order valence-corrected chi connectivity index (χ0v) is 20.5. The molecule has 0 aliphatic carbocycles. The minimum absolute atomic E-state index is 0.744. The summed E-state index contributed by atoms with van der Waals surface area (Å²) >= 11 is 0. The van der Waals surface area contributed by atoms with E-state index in [1.165, 1.54) is 0 Å². The Hall–Kier alpha value is -2.03. The van der Waals surface area contributed by atoms with Crippen molar-refractivity contribution in [3.63, 3.8) is 0 Å². The van der Waals surface area contributed by atoms with E-state index in [4.69, 9.17) is 29.5 Å². The van der Waals surface area contributed by atoms with Gasteiger partial charge in [-0.25, -0.2) is 13.7 Å². The second kappa shape index (κ2) is 11.2. The number of phosphoric acid groups is 1. The van der Waals surface area contributed by atoms with Gasteiger partial charge in [0.05, 0.1) is 19.3 Å². The number of aliphatic hydroxyl groups is 5. The van der Waals surface area contributed by atoms with E-state index in [2.05, 4.69) is 14.3 Å². The van der Waals surface area contributed by atoms with Gasteiger partial charge >= 0.3 is 21.1 Å². The molecule has 2 saturated heterocycles. The number of H-pyrrole nitrogens is 1. The molecule has 0 saturated carbocycles. The molecule has 2 fully saturated rings. The Kier molecular flexibility index (Phi) is 9.01. The van der Waals surface area contributed by atoms with Crippen molar-refractivity contribution in [2.45, 2.75) is 54.4 Å². The van der Waals surface area contributed by atoms with Crippen LogP contribution in [0.4, 0.5) is 0 Å². The van der Waals surface area contributed by atoms with E-state index >= 15 is 0 Å². The minimum atomic E-state index is -5.88. The summed E-state index contributed by atoms with van der Waals surface area (Å²) in [6.07, 6.45) is -12.7. The molecule has 10 atom stereocenters. The van der Waals surface area contributed by atoms with E-state index in [1.54, 1.807) is 0 Å². The molecule has 2 aliphatic rings. The van der Waals surface area contributed by atoms with Gasteiger partial charge in [0.25, 0.3) is 5.56 Å². The van der Waals surface area contributed by atoms with Gasteiger partial charge in [0.2, 0.25) is 5.34 Å². The standard InChI is InChI=1S/C15H23N5O16P2/c16-19-18-7-9(24)11(26)15(4-21,37(28,29)36-38(30,31)32)35-13(7)33-3-5-8(23)10(25)12(34-5)20-2-1-6(22)17-14(20)27/h1-2,5,7-13,21,23-26H,3-4H2,(H,28,29)(H,17,22,27)(H2,30,31,32)/t5-,7+,8-,9-,10-,11+,12-,13+,15+/m1/s1. The average molecular weight is 591 g/mol. The summed E-state index contributed by atoms with van der Waals surface area (Å²) in [6.45, 7) is -2.51. The molecule has 0 bridgehead atoms. The Labute approximate surface area is 209 Å². The first-order chi connectivity index (χ1) is 17.6. The zero-order chi connectivity index (χ0) is 28.6. The Morgan fingerprint density at radius 1 is 1.16 bits per heavy atom. The maximum absolute atomic E-state index is 12.7. The van der Waals surface area contributed by atoms with Crippen LogP contribution in [-0.4, -0.2) is 111 Å². The van der Waals surface area contributed by atoms with Gasteiger partial charge in [-0.3, -0.25) is 18.9 Å². The quantitative estimate of drug-likeness (QED) is 0.0570. The van der Waals surface area contributed by atoms with Gasteiger partial charge in [0.15, 0.2) is 12.5 Å². The number of nitrogens with one attached hydrogen (secondary N) is 1. The van der Waals surface area contributed by atoms with Crippen molar-refractivity contribution in [2.24, 2.45) is 5.11 Å². The summed E-state index contributed by atoms with van der Waals surface area (Å²) < 4.78 is 44.3. The van der Waals surface area contributed by atoms with Gasteiger partial charge in [-0.05, 0) is 5.53 Å². The van der Waals surface area contributed by atoms with Gasteiger partial charge < -0.3 is 54.4 Å². The van der Waals surface area contributed by atoms with Crippen LogP contribution in [0.5, 0.6) is 0 Å². The SMILES string of the molecule is [N-]=[N+]=N[C@@H]1[C@@H](OC[C@H]2O[C@@H](n3ccc(=O)[nH]c3=O)[C@H](O)[C@@H]2O)O[C@@](CO)(P(=O)(O)OP(=O)(O)O)[C@@H](O)[C@@H]1O. The summed E-state index contributed by atoms with van der Waals surface area (Å²) in [6, 6.07) is -0.979. The highest BCUT2D eigenvalue weighted by Crippen LogP contribution is 2.67. The first-order valence-electron chi connectivity index (χ1n) is 10.3. The molecular formula is C15H23N5O16P2. The summed E-state index contributed by atoms with van der Waals surface area (Å²) in [5, 5.41) is 51.1. The maximum atomic E-state index is 12.7. The van der Waals surface area contributed by atoms with E-state index in [9.17, 15) is 49.1 Å². The van der Waals surface area contributed by atoms with Crippen LogP contribution in [0.15, 0.2) is 27.0 Å². The molecule has 0 aromatic carbocycles. The zero-order valence-electron chi connectivity index (χ0n) is 18.7. The normalized spacial score (nSPS) is 37.4. The monoisotopic (exact) mass is 591 g/mol. The Morgan fingerprint density at radius 3 is 2.37 bits per heavy atom. The lowest BCUT2D eigenvalue weighted by Gasteiger charge is -2.48. The van der Waals surface area contributed by atoms with Gasteiger partial charge in [-0.1, -0.05) is 5.11 Å². The van der Waals surface area contributed by atoms with Crippen LogP contribution in [0.2, 0.25) is 0 Å². The molecular weight excluding hydrogens is 568 g/mol. The fourth-order valence-electron chi connectivity index (χ4n) is 3.85. The molecule has 38 heavy (non-hydrogen) atoms. The molecule has 3 heterocycles. The second-order valence-electron chi connectivity index (χ2n) is 8.11. The predicted octanol–water partition coefficient (Wildman–Crippen LogP) is -4.09. The summed E-state index contributed by atoms with van der Waals surface area (Å²) in [7, 11) is -11.6. The molecule has 9 N–H and O–H groups in total. The summed E-state index contributed by atoms with van der Waals surface area (Å²) in [5.74, 6) is 0. The molecule has 2 aliphatic heterocycles. The third kappa shape index (κ3) is 5.77. The highest BCUT2D eigenvalue weighted by molar-refractivity contribution is 7.64. The average Bonchev–Trinajstić information content (AvgIpc) is 3.08. The molecule has 0 amide bonds. The Morgan fingerprint density at radius 2 is 1.82 bits per heavy atom. The van der Waals surface area contributed by atoms with E-state index in [0.717, 1.165) is 16.8 Å². The highest BCUT2D eigenvalue weighted by atomic mass is 31.3. The molecule has 1 unspecified atom stereocenters. The number of aliphatic hydroxyl groups excluding tert-OH is 5. The first kappa shape index (κ1) is 30.5. The molecule has 3 rings (SSSR count). The van der Waals surface area contributed by atoms with E-state index in [-0.39, 0.29) is 0 Å². The van der Waals surface area contributed by atoms with Gasteiger partial charge in [-0.2, -0.15) is 0 Å². The van der Waals surface area contributed by atoms with E-state index in [1.807, 2.05) is 4.98 Å². The lowest BCUT2D eigenvalue weighted by atomic mass is 9.97. The van der Waals surface area contributed by atoms with Crippen LogP contribution in [0.3, 0.4) is 0 Å². The molecule has 0 radical (unpaired) electrons. The third-order valence-corrected chi connectivity index (χ3v) is 8.93. The van der Waals surface area contributed by atoms with Crippen molar-refractivity contribution in [1.29, 1.82) is 0 Å². The number of hydrogen-bond donors (Lipinski definition) is 9. The number of hydrogen-bond acceptors (Lipinski definition) is 14. The topological polar surface area (TPSA) is 337 Å². The first-order valence-corrected chi connectivity index (χ1v) is 13.4. The second-order valence-corrected chi connectivity index (χ2v) is 11.5. The molecule has 21 nitrogen and oxygen atoms in total.